The van der Waals surface area contributed by atoms with Crippen molar-refractivity contribution in [2.45, 2.75) is 44.2 Å². The van der Waals surface area contributed by atoms with E-state index in [9.17, 15) is 8.42 Å². The lowest BCUT2D eigenvalue weighted by molar-refractivity contribution is 0.0268. The molecule has 1 saturated heterocycles. The molecule has 2 aliphatic rings. The average Bonchev–Trinajstić information content (AvgIpc) is 3.15. The summed E-state index contributed by atoms with van der Waals surface area (Å²) in [6.45, 7) is 8.34. The molecule has 29 heavy (non-hydrogen) atoms. The number of aromatic nitrogens is 1. The van der Waals surface area contributed by atoms with Gasteiger partial charge in [-0.1, -0.05) is 37.2 Å². The topological polar surface area (TPSA) is 84.7 Å². The highest BCUT2D eigenvalue weighted by Gasteiger charge is 2.49. The van der Waals surface area contributed by atoms with E-state index in [4.69, 9.17) is 9.26 Å². The van der Waals surface area contributed by atoms with Crippen LogP contribution in [0.4, 0.5) is 0 Å². The summed E-state index contributed by atoms with van der Waals surface area (Å²) in [5.74, 6) is 1.23. The van der Waals surface area contributed by atoms with Crippen molar-refractivity contribution in [2.24, 2.45) is 11.3 Å². The summed E-state index contributed by atoms with van der Waals surface area (Å²) in [4.78, 5) is 2.61. The van der Waals surface area contributed by atoms with Gasteiger partial charge in [-0.3, -0.25) is 4.90 Å². The summed E-state index contributed by atoms with van der Waals surface area (Å²) >= 11 is 0. The Hall–Kier alpha value is -1.74. The number of hydrogen-bond donors (Lipinski definition) is 1. The van der Waals surface area contributed by atoms with Crippen LogP contribution < -0.4 is 4.72 Å². The summed E-state index contributed by atoms with van der Waals surface area (Å²) in [5, 5.41) is 4.24. The van der Waals surface area contributed by atoms with Crippen molar-refractivity contribution in [3.05, 3.63) is 47.9 Å². The Morgan fingerprint density at radius 2 is 1.93 bits per heavy atom. The monoisotopic (exact) mass is 419 g/mol. The van der Waals surface area contributed by atoms with Gasteiger partial charge in [0, 0.05) is 25.2 Å². The molecule has 2 aromatic rings. The molecule has 1 aliphatic heterocycles. The number of sulfonamides is 1. The highest BCUT2D eigenvalue weighted by Crippen LogP contribution is 2.48. The lowest BCUT2D eigenvalue weighted by Gasteiger charge is -2.52. The molecule has 0 spiro atoms. The Morgan fingerprint density at radius 3 is 2.62 bits per heavy atom. The molecule has 7 nitrogen and oxygen atoms in total. The fraction of sp³-hybridized carbons (Fsp3) is 0.571. The van der Waals surface area contributed by atoms with Crippen molar-refractivity contribution >= 4 is 10.0 Å². The lowest BCUT2D eigenvalue weighted by atomic mass is 9.57. The van der Waals surface area contributed by atoms with Gasteiger partial charge < -0.3 is 9.26 Å². The Morgan fingerprint density at radius 1 is 1.21 bits per heavy atom. The first-order valence-electron chi connectivity index (χ1n) is 10.2. The fourth-order valence-corrected chi connectivity index (χ4v) is 5.60. The molecular weight excluding hydrogens is 390 g/mol. The zero-order valence-corrected chi connectivity index (χ0v) is 17.8. The Bertz CT molecular complexity index is 920. The van der Waals surface area contributed by atoms with Gasteiger partial charge in [0.15, 0.2) is 5.76 Å². The lowest BCUT2D eigenvalue weighted by Crippen LogP contribution is -2.58. The van der Waals surface area contributed by atoms with E-state index in [0.29, 0.717) is 10.8 Å². The Labute approximate surface area is 172 Å². The van der Waals surface area contributed by atoms with Crippen LogP contribution in [0.1, 0.15) is 31.7 Å². The molecule has 4 rings (SSSR count). The van der Waals surface area contributed by atoms with Gasteiger partial charge in [0.2, 0.25) is 10.0 Å². The summed E-state index contributed by atoms with van der Waals surface area (Å²) < 4.78 is 39.0. The zero-order chi connectivity index (χ0) is 20.5. The van der Waals surface area contributed by atoms with Gasteiger partial charge in [0.1, 0.15) is 0 Å². The predicted octanol–water partition coefficient (Wildman–Crippen LogP) is 2.44. The molecule has 0 radical (unpaired) electrons. The Balaban J connectivity index is 1.33. The maximum atomic E-state index is 12.6. The van der Waals surface area contributed by atoms with Crippen LogP contribution in [0.15, 0.2) is 45.8 Å². The van der Waals surface area contributed by atoms with E-state index in [1.165, 1.54) is 0 Å². The second kappa shape index (κ2) is 8.18. The molecule has 1 aliphatic carbocycles. The van der Waals surface area contributed by atoms with E-state index in [0.717, 1.165) is 57.1 Å². The van der Waals surface area contributed by atoms with Gasteiger partial charge in [-0.2, -0.15) is 0 Å². The summed E-state index contributed by atoms with van der Waals surface area (Å²) in [6.07, 6.45) is 1.59. The molecular formula is C21H29N3O4S. The van der Waals surface area contributed by atoms with Gasteiger partial charge in [-0.25, -0.2) is 13.1 Å². The number of ether oxygens (including phenoxy) is 1. The standard InChI is InChI=1S/C21H29N3O4S/c1-21(2)16(13-20(21)23-29(25,26)19-6-4-3-5-7-19)12-17-14-18(28-22-17)15-24-8-10-27-11-9-24/h3-7,14,16,20,23H,8-13,15H2,1-2H3. The normalized spacial score (nSPS) is 24.9. The molecule has 2 fully saturated rings. The van der Waals surface area contributed by atoms with E-state index in [1.807, 2.05) is 12.1 Å². The summed E-state index contributed by atoms with van der Waals surface area (Å²) in [6, 6.07) is 10.5. The van der Waals surface area contributed by atoms with Crippen LogP contribution in [0.3, 0.4) is 0 Å². The van der Waals surface area contributed by atoms with Crippen LogP contribution in [0.2, 0.25) is 0 Å². The van der Waals surface area contributed by atoms with Crippen LogP contribution in [0.5, 0.6) is 0 Å². The highest BCUT2D eigenvalue weighted by atomic mass is 32.2. The first-order chi connectivity index (χ1) is 13.8. The highest BCUT2D eigenvalue weighted by molar-refractivity contribution is 7.89. The van der Waals surface area contributed by atoms with Crippen molar-refractivity contribution in [1.82, 2.24) is 14.8 Å². The number of morpholine rings is 1. The van der Waals surface area contributed by atoms with E-state index in [1.54, 1.807) is 24.3 Å². The van der Waals surface area contributed by atoms with Crippen molar-refractivity contribution in [3.8, 4) is 0 Å². The average molecular weight is 420 g/mol. The molecule has 2 atom stereocenters. The number of nitrogens with one attached hydrogen (secondary N) is 1. The smallest absolute Gasteiger partial charge is 0.240 e. The van der Waals surface area contributed by atoms with Crippen molar-refractivity contribution in [3.63, 3.8) is 0 Å². The van der Waals surface area contributed by atoms with E-state index in [-0.39, 0.29) is 11.5 Å². The van der Waals surface area contributed by atoms with Gasteiger partial charge >= 0.3 is 0 Å². The number of rotatable bonds is 7. The summed E-state index contributed by atoms with van der Waals surface area (Å²) in [7, 11) is -3.50. The number of hydrogen-bond acceptors (Lipinski definition) is 6. The molecule has 2 unspecified atom stereocenters. The van der Waals surface area contributed by atoms with Crippen LogP contribution in [0.25, 0.3) is 0 Å². The predicted molar refractivity (Wildman–Crippen MR) is 109 cm³/mol. The molecule has 1 aromatic carbocycles. The molecule has 158 valence electrons. The fourth-order valence-electron chi connectivity index (χ4n) is 4.18. The first kappa shape index (κ1) is 20.5. The molecule has 1 saturated carbocycles. The SMILES string of the molecule is CC1(C)C(Cc2cc(CN3CCOCC3)on2)CC1NS(=O)(=O)c1ccccc1. The molecule has 1 aromatic heterocycles. The second-order valence-electron chi connectivity index (χ2n) is 8.62. The van der Waals surface area contributed by atoms with E-state index in [2.05, 4.69) is 28.6 Å². The van der Waals surface area contributed by atoms with Crippen molar-refractivity contribution in [1.29, 1.82) is 0 Å². The number of benzene rings is 1. The third-order valence-corrected chi connectivity index (χ3v) is 7.86. The van der Waals surface area contributed by atoms with Gasteiger partial charge in [0.25, 0.3) is 0 Å². The molecule has 8 heteroatoms. The minimum absolute atomic E-state index is 0.0857. The Kier molecular flexibility index (Phi) is 5.79. The third kappa shape index (κ3) is 4.55. The van der Waals surface area contributed by atoms with Crippen LogP contribution in [-0.2, 0) is 27.7 Å². The molecule has 0 amide bonds. The van der Waals surface area contributed by atoms with Gasteiger partial charge in [-0.05, 0) is 36.3 Å². The van der Waals surface area contributed by atoms with Gasteiger partial charge in [0.05, 0.1) is 30.3 Å². The zero-order valence-electron chi connectivity index (χ0n) is 17.0. The maximum absolute atomic E-state index is 12.6. The van der Waals surface area contributed by atoms with Crippen LogP contribution in [-0.4, -0.2) is 50.8 Å². The third-order valence-electron chi connectivity index (χ3n) is 6.37. The second-order valence-corrected chi connectivity index (χ2v) is 10.3. The molecule has 0 bridgehead atoms. The van der Waals surface area contributed by atoms with Crippen molar-refractivity contribution in [2.75, 3.05) is 26.3 Å². The quantitative estimate of drug-likeness (QED) is 0.742. The minimum atomic E-state index is -3.50. The van der Waals surface area contributed by atoms with Gasteiger partial charge in [-0.15, -0.1) is 0 Å². The number of nitrogens with zero attached hydrogens (tertiary/aromatic N) is 2. The van der Waals surface area contributed by atoms with Crippen LogP contribution >= 0.6 is 0 Å². The summed E-state index contributed by atoms with van der Waals surface area (Å²) in [5.41, 5.74) is 0.793. The molecule has 2 heterocycles. The van der Waals surface area contributed by atoms with Crippen LogP contribution in [0, 0.1) is 11.3 Å². The largest absolute Gasteiger partial charge is 0.379 e. The molecule has 1 N–H and O–H groups in total. The van der Waals surface area contributed by atoms with E-state index >= 15 is 0 Å². The van der Waals surface area contributed by atoms with Crippen molar-refractivity contribution < 1.29 is 17.7 Å². The van der Waals surface area contributed by atoms with E-state index < -0.39 is 10.0 Å². The maximum Gasteiger partial charge on any atom is 0.240 e. The first-order valence-corrected chi connectivity index (χ1v) is 11.6. The minimum Gasteiger partial charge on any atom is -0.379 e.